The molecule has 0 heterocycles. The predicted octanol–water partition coefficient (Wildman–Crippen LogP) is 5.79. The molecule has 3 nitrogen and oxygen atoms in total. The molecule has 0 aliphatic carbocycles. The molecule has 0 amide bonds. The van der Waals surface area contributed by atoms with Gasteiger partial charge in [-0.25, -0.2) is 0 Å². The van der Waals surface area contributed by atoms with Gasteiger partial charge in [0.05, 0.1) is 21.3 Å². The lowest BCUT2D eigenvalue weighted by Gasteiger charge is -2.15. The van der Waals surface area contributed by atoms with Crippen molar-refractivity contribution in [3.63, 3.8) is 0 Å². The van der Waals surface area contributed by atoms with Crippen molar-refractivity contribution in [2.45, 2.75) is 71.1 Å². The number of hydrogen-bond acceptors (Lipinski definition) is 3. The zero-order chi connectivity index (χ0) is 16.9. The minimum Gasteiger partial charge on any atom is -0.496 e. The van der Waals surface area contributed by atoms with Crippen LogP contribution >= 0.6 is 0 Å². The molecule has 0 unspecified atom stereocenters. The topological polar surface area (TPSA) is 27.7 Å². The molecule has 0 spiro atoms. The molecular weight excluding hydrogens is 288 g/mol. The van der Waals surface area contributed by atoms with Crippen LogP contribution in [-0.4, -0.2) is 21.3 Å². The molecule has 0 aliphatic heterocycles. The third kappa shape index (κ3) is 7.15. The van der Waals surface area contributed by atoms with Crippen molar-refractivity contribution in [1.29, 1.82) is 0 Å². The predicted molar refractivity (Wildman–Crippen MR) is 97.0 cm³/mol. The zero-order valence-electron chi connectivity index (χ0n) is 15.5. The van der Waals surface area contributed by atoms with E-state index in [2.05, 4.69) is 6.92 Å². The van der Waals surface area contributed by atoms with Crippen molar-refractivity contribution in [3.8, 4) is 17.2 Å². The monoisotopic (exact) mass is 322 g/mol. The fraction of sp³-hybridized carbons (Fsp3) is 0.700. The number of benzene rings is 1. The van der Waals surface area contributed by atoms with Gasteiger partial charge in [0, 0.05) is 17.7 Å². The van der Waals surface area contributed by atoms with E-state index in [1.165, 1.54) is 57.8 Å². The average Bonchev–Trinajstić information content (AvgIpc) is 2.59. The Bertz CT molecular complexity index is 404. The second-order valence-corrected chi connectivity index (χ2v) is 6.09. The van der Waals surface area contributed by atoms with Gasteiger partial charge in [-0.15, -0.1) is 0 Å². The first-order valence-corrected chi connectivity index (χ1v) is 9.05. The van der Waals surface area contributed by atoms with Gasteiger partial charge in [0.15, 0.2) is 0 Å². The summed E-state index contributed by atoms with van der Waals surface area (Å²) in [5, 5.41) is 0. The van der Waals surface area contributed by atoms with Gasteiger partial charge < -0.3 is 14.2 Å². The van der Waals surface area contributed by atoms with Crippen LogP contribution in [0, 0.1) is 0 Å². The maximum atomic E-state index is 5.50. The van der Waals surface area contributed by atoms with Crippen molar-refractivity contribution >= 4 is 0 Å². The summed E-state index contributed by atoms with van der Waals surface area (Å²) >= 11 is 0. The van der Waals surface area contributed by atoms with Crippen LogP contribution in [0.5, 0.6) is 17.2 Å². The van der Waals surface area contributed by atoms with Crippen LogP contribution in [0.15, 0.2) is 12.1 Å². The molecular formula is C20H34O3. The van der Waals surface area contributed by atoms with Crippen molar-refractivity contribution < 1.29 is 14.2 Å². The van der Waals surface area contributed by atoms with Gasteiger partial charge in [0.25, 0.3) is 0 Å². The van der Waals surface area contributed by atoms with Gasteiger partial charge in [0.2, 0.25) is 0 Å². The smallest absolute Gasteiger partial charge is 0.129 e. The molecule has 0 saturated carbocycles. The lowest BCUT2D eigenvalue weighted by molar-refractivity contribution is 0.367. The molecule has 0 bridgehead atoms. The first kappa shape index (κ1) is 19.7. The van der Waals surface area contributed by atoms with Crippen LogP contribution in [0.3, 0.4) is 0 Å². The summed E-state index contributed by atoms with van der Waals surface area (Å²) in [7, 11) is 5.07. The van der Waals surface area contributed by atoms with E-state index in [9.17, 15) is 0 Å². The number of methoxy groups -OCH3 is 3. The summed E-state index contributed by atoms with van der Waals surface area (Å²) in [6.07, 6.45) is 13.0. The first-order valence-electron chi connectivity index (χ1n) is 9.05. The van der Waals surface area contributed by atoms with E-state index in [-0.39, 0.29) is 0 Å². The molecule has 1 aromatic rings. The number of hydrogen-bond donors (Lipinski definition) is 0. The lowest BCUT2D eigenvalue weighted by atomic mass is 10.0. The third-order valence-electron chi connectivity index (χ3n) is 4.35. The van der Waals surface area contributed by atoms with Crippen LogP contribution in [0.25, 0.3) is 0 Å². The van der Waals surface area contributed by atoms with Crippen LogP contribution in [0.4, 0.5) is 0 Å². The van der Waals surface area contributed by atoms with Crippen molar-refractivity contribution in [3.05, 3.63) is 17.7 Å². The fourth-order valence-corrected chi connectivity index (χ4v) is 2.94. The van der Waals surface area contributed by atoms with Gasteiger partial charge in [0.1, 0.15) is 17.2 Å². The average molecular weight is 322 g/mol. The largest absolute Gasteiger partial charge is 0.496 e. The molecule has 3 heteroatoms. The Morgan fingerprint density at radius 1 is 0.652 bits per heavy atom. The highest BCUT2D eigenvalue weighted by Gasteiger charge is 2.12. The van der Waals surface area contributed by atoms with E-state index in [0.29, 0.717) is 0 Å². The highest BCUT2D eigenvalue weighted by Crippen LogP contribution is 2.35. The Hall–Kier alpha value is -1.38. The molecule has 132 valence electrons. The zero-order valence-corrected chi connectivity index (χ0v) is 15.5. The quantitative estimate of drug-likeness (QED) is 0.430. The molecule has 0 saturated heterocycles. The SMILES string of the molecule is CCCCCCCCCCCc1c(OC)cc(OC)cc1OC. The van der Waals surface area contributed by atoms with Gasteiger partial charge in [-0.3, -0.25) is 0 Å². The number of rotatable bonds is 13. The summed E-state index contributed by atoms with van der Waals surface area (Å²) in [5.74, 6) is 2.50. The molecule has 0 radical (unpaired) electrons. The standard InChI is InChI=1S/C20H34O3/c1-5-6-7-8-9-10-11-12-13-14-18-19(22-3)15-17(21-2)16-20(18)23-4/h15-16H,5-14H2,1-4H3. The minimum absolute atomic E-state index is 0.773. The van der Waals surface area contributed by atoms with Gasteiger partial charge in [-0.05, 0) is 12.8 Å². The van der Waals surface area contributed by atoms with Crippen LogP contribution in [0.2, 0.25) is 0 Å². The fourth-order valence-electron chi connectivity index (χ4n) is 2.94. The number of unbranched alkanes of at least 4 members (excludes halogenated alkanes) is 8. The van der Waals surface area contributed by atoms with Crippen LogP contribution < -0.4 is 14.2 Å². The highest BCUT2D eigenvalue weighted by atomic mass is 16.5. The number of ether oxygens (including phenoxy) is 3. The van der Waals surface area contributed by atoms with E-state index in [0.717, 1.165) is 29.2 Å². The van der Waals surface area contributed by atoms with E-state index in [4.69, 9.17) is 14.2 Å². The van der Waals surface area contributed by atoms with Gasteiger partial charge in [-0.2, -0.15) is 0 Å². The van der Waals surface area contributed by atoms with E-state index in [1.807, 2.05) is 12.1 Å². The summed E-state index contributed by atoms with van der Waals surface area (Å²) in [6.45, 7) is 2.27. The Balaban J connectivity index is 2.36. The van der Waals surface area contributed by atoms with Crippen LogP contribution in [0.1, 0.15) is 70.3 Å². The lowest BCUT2D eigenvalue weighted by Crippen LogP contribution is -1.99. The molecule has 0 N–H and O–H groups in total. The summed E-state index contributed by atoms with van der Waals surface area (Å²) in [4.78, 5) is 0. The van der Waals surface area contributed by atoms with Crippen molar-refractivity contribution in [2.24, 2.45) is 0 Å². The highest BCUT2D eigenvalue weighted by molar-refractivity contribution is 5.50. The van der Waals surface area contributed by atoms with Crippen molar-refractivity contribution in [2.75, 3.05) is 21.3 Å². The van der Waals surface area contributed by atoms with Crippen molar-refractivity contribution in [1.82, 2.24) is 0 Å². The summed E-state index contributed by atoms with van der Waals surface area (Å²) in [5.41, 5.74) is 1.15. The van der Waals surface area contributed by atoms with Crippen LogP contribution in [-0.2, 0) is 6.42 Å². The minimum atomic E-state index is 0.773. The Kier molecular flexibility index (Phi) is 10.3. The molecule has 0 atom stereocenters. The maximum absolute atomic E-state index is 5.50. The summed E-state index contributed by atoms with van der Waals surface area (Å²) < 4.78 is 16.3. The van der Waals surface area contributed by atoms with E-state index >= 15 is 0 Å². The molecule has 23 heavy (non-hydrogen) atoms. The van der Waals surface area contributed by atoms with E-state index in [1.54, 1.807) is 21.3 Å². The Labute approximate surface area is 142 Å². The molecule has 0 aromatic heterocycles. The molecule has 1 aromatic carbocycles. The molecule has 1 rings (SSSR count). The van der Waals surface area contributed by atoms with Gasteiger partial charge >= 0.3 is 0 Å². The molecule has 0 fully saturated rings. The first-order chi connectivity index (χ1) is 11.3. The second kappa shape index (κ2) is 12.1. The summed E-state index contributed by atoms with van der Waals surface area (Å²) in [6, 6.07) is 3.87. The van der Waals surface area contributed by atoms with E-state index < -0.39 is 0 Å². The maximum Gasteiger partial charge on any atom is 0.129 e. The normalized spacial score (nSPS) is 10.6. The third-order valence-corrected chi connectivity index (χ3v) is 4.35. The Morgan fingerprint density at radius 2 is 1.13 bits per heavy atom. The Morgan fingerprint density at radius 3 is 1.57 bits per heavy atom. The molecule has 0 aliphatic rings. The second-order valence-electron chi connectivity index (χ2n) is 6.09. The van der Waals surface area contributed by atoms with Gasteiger partial charge in [-0.1, -0.05) is 58.3 Å².